The van der Waals surface area contributed by atoms with Crippen LogP contribution in [0.1, 0.15) is 26.3 Å². The fourth-order valence-electron chi connectivity index (χ4n) is 4.40. The zero-order chi connectivity index (χ0) is 29.1. The van der Waals surface area contributed by atoms with Crippen LogP contribution >= 0.6 is 11.3 Å². The maximum atomic E-state index is 13.1. The van der Waals surface area contributed by atoms with Gasteiger partial charge in [-0.2, -0.15) is 18.2 Å². The number of aromatic nitrogens is 3. The number of alkyl halides is 3. The van der Waals surface area contributed by atoms with E-state index in [0.29, 0.717) is 46.8 Å². The molecule has 1 aliphatic rings. The molecule has 0 spiro atoms. The van der Waals surface area contributed by atoms with Gasteiger partial charge in [-0.05, 0) is 38.1 Å². The lowest BCUT2D eigenvalue weighted by molar-refractivity contribution is -0.137. The third-order valence-corrected chi connectivity index (χ3v) is 7.41. The van der Waals surface area contributed by atoms with E-state index in [9.17, 15) is 18.0 Å². The van der Waals surface area contributed by atoms with Gasteiger partial charge in [0, 0.05) is 44.2 Å². The SMILES string of the molecule is CC(=O)Nc1nc2c(Oc3cc(-c4ccc(C(F)(F)F)cc4)nc(NC[C@H]4CN(C(C)C)CCO4)n3)cccc2s1. The number of amides is 1. The second-order valence-electron chi connectivity index (χ2n) is 9.86. The van der Waals surface area contributed by atoms with Crippen molar-refractivity contribution < 1.29 is 27.4 Å². The van der Waals surface area contributed by atoms with E-state index in [1.807, 2.05) is 6.07 Å². The van der Waals surface area contributed by atoms with Crippen molar-refractivity contribution in [2.24, 2.45) is 0 Å². The number of benzene rings is 2. The molecule has 2 aromatic carbocycles. The number of ether oxygens (including phenoxy) is 2. The van der Waals surface area contributed by atoms with Crippen molar-refractivity contribution >= 4 is 38.5 Å². The molecule has 1 amide bonds. The molecule has 0 aliphatic carbocycles. The van der Waals surface area contributed by atoms with Crippen molar-refractivity contribution in [3.05, 3.63) is 54.1 Å². The van der Waals surface area contributed by atoms with E-state index in [1.54, 1.807) is 18.2 Å². The molecule has 1 aliphatic heterocycles. The normalized spacial score (nSPS) is 16.2. The van der Waals surface area contributed by atoms with Crippen molar-refractivity contribution in [1.29, 1.82) is 0 Å². The molecule has 1 saturated heterocycles. The van der Waals surface area contributed by atoms with E-state index in [-0.39, 0.29) is 23.8 Å². The Hall–Kier alpha value is -3.81. The zero-order valence-corrected chi connectivity index (χ0v) is 23.5. The van der Waals surface area contributed by atoms with Crippen molar-refractivity contribution in [3.63, 3.8) is 0 Å². The summed E-state index contributed by atoms with van der Waals surface area (Å²) in [5.41, 5.74) is 0.631. The van der Waals surface area contributed by atoms with Gasteiger partial charge in [0.1, 0.15) is 5.52 Å². The lowest BCUT2D eigenvalue weighted by Crippen LogP contribution is -2.48. The molecule has 4 aromatic rings. The second-order valence-corrected chi connectivity index (χ2v) is 10.9. The van der Waals surface area contributed by atoms with E-state index in [0.717, 1.165) is 29.9 Å². The third kappa shape index (κ3) is 7.10. The number of hydrogen-bond donors (Lipinski definition) is 2. The van der Waals surface area contributed by atoms with Gasteiger partial charge in [-0.3, -0.25) is 9.69 Å². The molecule has 9 nitrogen and oxygen atoms in total. The van der Waals surface area contributed by atoms with Gasteiger partial charge < -0.3 is 20.1 Å². The van der Waals surface area contributed by atoms with Crippen LogP contribution in [-0.4, -0.2) is 64.1 Å². The van der Waals surface area contributed by atoms with Crippen molar-refractivity contribution in [2.45, 2.75) is 39.1 Å². The molecular formula is C28H29F3N6O3S. The molecule has 0 unspecified atom stereocenters. The zero-order valence-electron chi connectivity index (χ0n) is 22.7. The van der Waals surface area contributed by atoms with Crippen LogP contribution in [0, 0.1) is 0 Å². The largest absolute Gasteiger partial charge is 0.437 e. The first-order valence-electron chi connectivity index (χ1n) is 13.1. The van der Waals surface area contributed by atoms with E-state index in [1.165, 1.54) is 30.4 Å². The number of nitrogens with one attached hydrogen (secondary N) is 2. The Labute approximate surface area is 238 Å². The predicted molar refractivity (Wildman–Crippen MR) is 151 cm³/mol. The second kappa shape index (κ2) is 12.0. The summed E-state index contributed by atoms with van der Waals surface area (Å²) >= 11 is 1.30. The number of anilines is 2. The van der Waals surface area contributed by atoms with Crippen molar-refractivity contribution in [1.82, 2.24) is 19.9 Å². The predicted octanol–water partition coefficient (Wildman–Crippen LogP) is 6.04. The number of nitrogens with zero attached hydrogens (tertiary/aromatic N) is 4. The molecule has 41 heavy (non-hydrogen) atoms. The number of carbonyl (C=O) groups is 1. The third-order valence-electron chi connectivity index (χ3n) is 6.48. The van der Waals surface area contributed by atoms with Gasteiger partial charge in [-0.1, -0.05) is 29.5 Å². The van der Waals surface area contributed by atoms with Gasteiger partial charge in [0.05, 0.1) is 28.7 Å². The fourth-order valence-corrected chi connectivity index (χ4v) is 5.33. The fraction of sp³-hybridized carbons (Fsp3) is 0.357. The average molecular weight is 587 g/mol. The van der Waals surface area contributed by atoms with Crippen LogP contribution in [0.2, 0.25) is 0 Å². The Balaban J connectivity index is 1.45. The Bertz CT molecular complexity index is 1530. The molecule has 3 heterocycles. The molecule has 0 radical (unpaired) electrons. The Morgan fingerprint density at radius 1 is 1.17 bits per heavy atom. The van der Waals surface area contributed by atoms with Gasteiger partial charge in [0.25, 0.3) is 0 Å². The quantitative estimate of drug-likeness (QED) is 0.258. The first-order valence-corrected chi connectivity index (χ1v) is 13.9. The molecule has 0 bridgehead atoms. The molecule has 216 valence electrons. The van der Waals surface area contributed by atoms with Gasteiger partial charge in [-0.25, -0.2) is 9.97 Å². The molecule has 2 aromatic heterocycles. The Morgan fingerprint density at radius 3 is 2.66 bits per heavy atom. The van der Waals surface area contributed by atoms with Crippen LogP contribution in [0.25, 0.3) is 21.5 Å². The summed E-state index contributed by atoms with van der Waals surface area (Å²) < 4.78 is 52.3. The van der Waals surface area contributed by atoms with E-state index >= 15 is 0 Å². The highest BCUT2D eigenvalue weighted by atomic mass is 32.1. The van der Waals surface area contributed by atoms with Crippen LogP contribution in [0.15, 0.2) is 48.5 Å². The lowest BCUT2D eigenvalue weighted by atomic mass is 10.1. The molecule has 2 N–H and O–H groups in total. The summed E-state index contributed by atoms with van der Waals surface area (Å²) in [5.74, 6) is 0.582. The maximum Gasteiger partial charge on any atom is 0.416 e. The van der Waals surface area contributed by atoms with E-state index in [2.05, 4.69) is 44.3 Å². The van der Waals surface area contributed by atoms with Crippen molar-refractivity contribution in [2.75, 3.05) is 36.9 Å². The highest BCUT2D eigenvalue weighted by Gasteiger charge is 2.30. The minimum Gasteiger partial charge on any atom is -0.437 e. The van der Waals surface area contributed by atoms with Crippen LogP contribution in [0.4, 0.5) is 24.3 Å². The molecule has 0 saturated carbocycles. The molecule has 1 fully saturated rings. The summed E-state index contributed by atoms with van der Waals surface area (Å²) in [7, 11) is 0. The van der Waals surface area contributed by atoms with Gasteiger partial charge >= 0.3 is 6.18 Å². The van der Waals surface area contributed by atoms with Crippen LogP contribution in [0.5, 0.6) is 11.6 Å². The van der Waals surface area contributed by atoms with Gasteiger partial charge in [-0.15, -0.1) is 0 Å². The Morgan fingerprint density at radius 2 is 1.95 bits per heavy atom. The number of hydrogen-bond acceptors (Lipinski definition) is 9. The summed E-state index contributed by atoms with van der Waals surface area (Å²) in [5, 5.41) is 6.33. The maximum absolute atomic E-state index is 13.1. The lowest BCUT2D eigenvalue weighted by Gasteiger charge is -2.35. The number of rotatable bonds is 8. The number of fused-ring (bicyclic) bond motifs is 1. The van der Waals surface area contributed by atoms with Gasteiger partial charge in [0.2, 0.25) is 17.7 Å². The first kappa shape index (κ1) is 28.7. The minimum absolute atomic E-state index is 0.0928. The van der Waals surface area contributed by atoms with E-state index < -0.39 is 11.7 Å². The first-order chi connectivity index (χ1) is 19.5. The summed E-state index contributed by atoms with van der Waals surface area (Å²) in [6.07, 6.45) is -4.54. The van der Waals surface area contributed by atoms with E-state index in [4.69, 9.17) is 9.47 Å². The summed E-state index contributed by atoms with van der Waals surface area (Å²) in [6, 6.07) is 12.1. The number of thiazole rings is 1. The highest BCUT2D eigenvalue weighted by molar-refractivity contribution is 7.22. The monoisotopic (exact) mass is 586 g/mol. The summed E-state index contributed by atoms with van der Waals surface area (Å²) in [4.78, 5) is 27.4. The smallest absolute Gasteiger partial charge is 0.416 e. The number of halogens is 3. The Kier molecular flexibility index (Phi) is 8.38. The van der Waals surface area contributed by atoms with Crippen LogP contribution in [-0.2, 0) is 15.7 Å². The standard InChI is InChI=1S/C28H29F3N6O3S/c1-16(2)37-11-12-39-20(15-37)14-32-26-34-21(18-7-9-19(10-8-18)28(29,30)31)13-24(35-26)40-22-5-4-6-23-25(22)36-27(41-23)33-17(3)38/h4-10,13,16,20H,11-12,14-15H2,1-3H3,(H,32,34,35)(H,33,36,38)/t20-/m0/s1. The highest BCUT2D eigenvalue weighted by Crippen LogP contribution is 2.36. The van der Waals surface area contributed by atoms with Crippen molar-refractivity contribution in [3.8, 4) is 22.9 Å². The number of morpholine rings is 1. The summed E-state index contributed by atoms with van der Waals surface area (Å²) in [6.45, 7) is 8.33. The molecule has 13 heteroatoms. The number of carbonyl (C=O) groups excluding carboxylic acids is 1. The topological polar surface area (TPSA) is 102 Å². The molecule has 1 atom stereocenters. The van der Waals surface area contributed by atoms with Crippen LogP contribution in [0.3, 0.4) is 0 Å². The average Bonchev–Trinajstić information content (AvgIpc) is 3.34. The number of para-hydroxylation sites is 1. The van der Waals surface area contributed by atoms with Crippen LogP contribution < -0.4 is 15.4 Å². The van der Waals surface area contributed by atoms with Gasteiger partial charge in [0.15, 0.2) is 10.9 Å². The molecular weight excluding hydrogens is 557 g/mol. The minimum atomic E-state index is -4.45. The molecule has 5 rings (SSSR count).